The molecule has 0 fully saturated rings. The van der Waals surface area contributed by atoms with E-state index in [2.05, 4.69) is 13.8 Å². The predicted octanol–water partition coefficient (Wildman–Crippen LogP) is 3.50. The van der Waals surface area contributed by atoms with Crippen LogP contribution in [-0.2, 0) is 47.2 Å². The summed E-state index contributed by atoms with van der Waals surface area (Å²) in [5.41, 5.74) is 6.05. The maximum atomic E-state index is 13.2. The highest BCUT2D eigenvalue weighted by atomic mass is 32.2. The first-order valence-electron chi connectivity index (χ1n) is 10.6. The standard InChI is InChI=1S/C23H27N3O3S/c1-3-4-5-22-19-12-16(2)29-15-21(19)20-14-26(11-10-23(20)25-22)30(27,28)18-8-6-17(13-24)7-9-18/h6-9,16H,3-5,10-12,14-15H2,1-2H3/t16-/m0/s1. The number of sulfonamides is 1. The van der Waals surface area contributed by atoms with E-state index in [1.165, 1.54) is 27.7 Å². The van der Waals surface area contributed by atoms with Crippen LogP contribution in [-0.4, -0.2) is 30.4 Å². The van der Waals surface area contributed by atoms with E-state index < -0.39 is 10.0 Å². The average molecular weight is 426 g/mol. The van der Waals surface area contributed by atoms with Gasteiger partial charge in [0.2, 0.25) is 10.0 Å². The lowest BCUT2D eigenvalue weighted by molar-refractivity contribution is 0.0395. The van der Waals surface area contributed by atoms with Crippen LogP contribution in [0.15, 0.2) is 29.2 Å². The van der Waals surface area contributed by atoms with Crippen LogP contribution in [0.4, 0.5) is 0 Å². The molecule has 0 radical (unpaired) electrons. The van der Waals surface area contributed by atoms with Crippen LogP contribution in [0, 0.1) is 11.3 Å². The number of ether oxygens (including phenoxy) is 1. The van der Waals surface area contributed by atoms with Crippen molar-refractivity contribution in [2.24, 2.45) is 0 Å². The number of benzene rings is 1. The minimum absolute atomic E-state index is 0.153. The topological polar surface area (TPSA) is 83.3 Å². The first-order chi connectivity index (χ1) is 14.4. The number of aryl methyl sites for hydroxylation is 1. The van der Waals surface area contributed by atoms with Gasteiger partial charge in [0.25, 0.3) is 0 Å². The van der Waals surface area contributed by atoms with Gasteiger partial charge in [-0.2, -0.15) is 9.57 Å². The molecule has 0 amide bonds. The summed E-state index contributed by atoms with van der Waals surface area (Å²) in [6, 6.07) is 8.13. The number of nitrogens with zero attached hydrogens (tertiary/aromatic N) is 3. The number of rotatable bonds is 5. The van der Waals surface area contributed by atoms with Crippen molar-refractivity contribution in [3.63, 3.8) is 0 Å². The Kier molecular flexibility index (Phi) is 5.92. The summed E-state index contributed by atoms with van der Waals surface area (Å²) in [5, 5.41) is 8.97. The highest BCUT2D eigenvalue weighted by molar-refractivity contribution is 7.89. The van der Waals surface area contributed by atoms with E-state index in [0.29, 0.717) is 31.7 Å². The van der Waals surface area contributed by atoms with Gasteiger partial charge in [-0.1, -0.05) is 13.3 Å². The molecular formula is C23H27N3O3S. The maximum absolute atomic E-state index is 13.2. The van der Waals surface area contributed by atoms with Crippen molar-refractivity contribution < 1.29 is 13.2 Å². The van der Waals surface area contributed by atoms with Gasteiger partial charge in [0.1, 0.15) is 0 Å². The van der Waals surface area contributed by atoms with Crippen molar-refractivity contribution in [1.82, 2.24) is 9.29 Å². The summed E-state index contributed by atoms with van der Waals surface area (Å²) >= 11 is 0. The van der Waals surface area contributed by atoms with Crippen LogP contribution in [0.2, 0.25) is 0 Å². The van der Waals surface area contributed by atoms with Gasteiger partial charge in [0.15, 0.2) is 0 Å². The summed E-state index contributed by atoms with van der Waals surface area (Å²) < 4.78 is 33.9. The fraction of sp³-hybridized carbons (Fsp3) is 0.478. The molecule has 7 heteroatoms. The zero-order chi connectivity index (χ0) is 21.3. The zero-order valence-corrected chi connectivity index (χ0v) is 18.3. The Balaban J connectivity index is 1.69. The van der Waals surface area contributed by atoms with Gasteiger partial charge in [-0.15, -0.1) is 0 Å². The van der Waals surface area contributed by atoms with Crippen molar-refractivity contribution in [1.29, 1.82) is 5.26 Å². The lowest BCUT2D eigenvalue weighted by Gasteiger charge is -2.33. The molecule has 1 atom stereocenters. The number of hydrogen-bond donors (Lipinski definition) is 0. The van der Waals surface area contributed by atoms with Crippen LogP contribution in [0.1, 0.15) is 60.3 Å². The van der Waals surface area contributed by atoms with E-state index in [1.54, 1.807) is 12.1 Å². The quantitative estimate of drug-likeness (QED) is 0.732. The van der Waals surface area contributed by atoms with Crippen LogP contribution < -0.4 is 0 Å². The predicted molar refractivity (Wildman–Crippen MR) is 113 cm³/mol. The molecule has 2 aliphatic heterocycles. The van der Waals surface area contributed by atoms with Crippen LogP contribution in [0.5, 0.6) is 0 Å². The van der Waals surface area contributed by atoms with Gasteiger partial charge >= 0.3 is 0 Å². The molecule has 6 nitrogen and oxygen atoms in total. The number of hydrogen-bond acceptors (Lipinski definition) is 5. The third-order valence-corrected chi connectivity index (χ3v) is 7.88. The van der Waals surface area contributed by atoms with E-state index in [-0.39, 0.29) is 11.0 Å². The smallest absolute Gasteiger partial charge is 0.243 e. The minimum Gasteiger partial charge on any atom is -0.373 e. The maximum Gasteiger partial charge on any atom is 0.243 e. The molecule has 0 saturated heterocycles. The summed E-state index contributed by atoms with van der Waals surface area (Å²) in [4.78, 5) is 5.22. The van der Waals surface area contributed by atoms with Crippen molar-refractivity contribution in [2.75, 3.05) is 6.54 Å². The largest absolute Gasteiger partial charge is 0.373 e. The van der Waals surface area contributed by atoms with E-state index in [0.717, 1.165) is 42.5 Å². The van der Waals surface area contributed by atoms with Crippen LogP contribution >= 0.6 is 0 Å². The summed E-state index contributed by atoms with van der Waals surface area (Å²) in [6.45, 7) is 5.51. The van der Waals surface area contributed by atoms with Gasteiger partial charge in [-0.05, 0) is 60.7 Å². The average Bonchev–Trinajstić information content (AvgIpc) is 2.77. The Morgan fingerprint density at radius 1 is 1.23 bits per heavy atom. The molecule has 30 heavy (non-hydrogen) atoms. The number of nitriles is 1. The number of fused-ring (bicyclic) bond motifs is 3. The van der Waals surface area contributed by atoms with Crippen LogP contribution in [0.3, 0.4) is 0 Å². The van der Waals surface area contributed by atoms with E-state index >= 15 is 0 Å². The number of unbranched alkanes of at least 4 members (excludes halogenated alkanes) is 1. The van der Waals surface area contributed by atoms with Gasteiger partial charge in [-0.3, -0.25) is 4.98 Å². The second-order valence-electron chi connectivity index (χ2n) is 8.09. The van der Waals surface area contributed by atoms with Crippen molar-refractivity contribution >= 4 is 10.0 Å². The fourth-order valence-electron chi connectivity index (χ4n) is 4.30. The van der Waals surface area contributed by atoms with Gasteiger partial charge in [0, 0.05) is 37.3 Å². The Morgan fingerprint density at radius 2 is 2.00 bits per heavy atom. The monoisotopic (exact) mass is 425 g/mol. The molecule has 1 aromatic heterocycles. The molecule has 3 heterocycles. The highest BCUT2D eigenvalue weighted by Crippen LogP contribution is 2.33. The molecule has 4 rings (SSSR count). The molecule has 2 aromatic rings. The second kappa shape index (κ2) is 8.46. The normalized spacial score (nSPS) is 19.0. The molecule has 1 aromatic carbocycles. The van der Waals surface area contributed by atoms with Crippen molar-refractivity contribution in [3.05, 3.63) is 57.9 Å². The van der Waals surface area contributed by atoms with Crippen molar-refractivity contribution in [3.8, 4) is 6.07 Å². The van der Waals surface area contributed by atoms with E-state index in [1.807, 2.05) is 6.07 Å². The summed E-state index contributed by atoms with van der Waals surface area (Å²) in [6.07, 6.45) is 4.78. The highest BCUT2D eigenvalue weighted by Gasteiger charge is 2.33. The van der Waals surface area contributed by atoms with Gasteiger partial charge in [0.05, 0.1) is 29.2 Å². The molecule has 0 saturated carbocycles. The summed E-state index contributed by atoms with van der Waals surface area (Å²) in [7, 11) is -3.64. The molecular weight excluding hydrogens is 398 g/mol. The first-order valence-corrected chi connectivity index (χ1v) is 12.0. The molecule has 0 aliphatic carbocycles. The van der Waals surface area contributed by atoms with Gasteiger partial charge in [-0.25, -0.2) is 8.42 Å². The lowest BCUT2D eigenvalue weighted by Crippen LogP contribution is -2.38. The van der Waals surface area contributed by atoms with Crippen molar-refractivity contribution in [2.45, 2.75) is 70.1 Å². The lowest BCUT2D eigenvalue weighted by atomic mass is 9.89. The Morgan fingerprint density at radius 3 is 2.70 bits per heavy atom. The number of pyridine rings is 1. The minimum atomic E-state index is -3.64. The Bertz CT molecular complexity index is 1090. The Hall–Kier alpha value is -2.27. The summed E-state index contributed by atoms with van der Waals surface area (Å²) in [5.74, 6) is 0. The van der Waals surface area contributed by atoms with Crippen LogP contribution in [0.25, 0.3) is 0 Å². The Labute approximate surface area is 178 Å². The number of aromatic nitrogens is 1. The third-order valence-electron chi connectivity index (χ3n) is 6.02. The van der Waals surface area contributed by atoms with E-state index in [9.17, 15) is 8.42 Å². The first kappa shape index (κ1) is 21.0. The van der Waals surface area contributed by atoms with Gasteiger partial charge < -0.3 is 4.74 Å². The van der Waals surface area contributed by atoms with E-state index in [4.69, 9.17) is 15.0 Å². The third kappa shape index (κ3) is 3.87. The SMILES string of the molecule is CCCCc1nc2c(c3c1C[C@H](C)OC3)CN(S(=O)(=O)c1ccc(C#N)cc1)CC2. The second-order valence-corrected chi connectivity index (χ2v) is 10.0. The molecule has 0 bridgehead atoms. The molecule has 0 N–H and O–H groups in total. The molecule has 158 valence electrons. The molecule has 0 spiro atoms. The molecule has 0 unspecified atom stereocenters. The fourth-order valence-corrected chi connectivity index (χ4v) is 5.71. The molecule has 2 aliphatic rings. The zero-order valence-electron chi connectivity index (χ0n) is 17.5.